The summed E-state index contributed by atoms with van der Waals surface area (Å²) in [6, 6.07) is 16.5. The third-order valence-corrected chi connectivity index (χ3v) is 4.98. The monoisotopic (exact) mass is 461 g/mol. The van der Waals surface area contributed by atoms with Crippen LogP contribution in [0.3, 0.4) is 0 Å². The topological polar surface area (TPSA) is 48.0 Å². The first-order valence-electron chi connectivity index (χ1n) is 9.84. The van der Waals surface area contributed by atoms with E-state index >= 15 is 0 Å². The van der Waals surface area contributed by atoms with E-state index < -0.39 is 5.60 Å². The number of hydrogen-bond donors (Lipinski definition) is 0. The van der Waals surface area contributed by atoms with Gasteiger partial charge >= 0.3 is 6.09 Å². The van der Waals surface area contributed by atoms with Crippen LogP contribution in [0.5, 0.6) is 5.75 Å². The van der Waals surface area contributed by atoms with E-state index in [0.29, 0.717) is 26.3 Å². The molecule has 1 aliphatic rings. The molecule has 0 N–H and O–H groups in total. The molecule has 0 radical (unpaired) electrons. The number of hydrogen-bond acceptors (Lipinski definition) is 4. The maximum atomic E-state index is 11.9. The second kappa shape index (κ2) is 9.63. The Labute approximate surface area is 181 Å². The fourth-order valence-corrected chi connectivity index (χ4v) is 3.20. The molecule has 6 heteroatoms. The molecule has 0 saturated carbocycles. The molecule has 0 spiro atoms. The minimum atomic E-state index is -0.468. The molecular formula is C23H28BrNO4. The van der Waals surface area contributed by atoms with Crippen molar-refractivity contribution in [3.05, 3.63) is 64.1 Å². The van der Waals surface area contributed by atoms with Crippen molar-refractivity contribution in [2.75, 3.05) is 26.3 Å². The molecule has 0 unspecified atom stereocenters. The van der Waals surface area contributed by atoms with Gasteiger partial charge in [0.15, 0.2) is 0 Å². The van der Waals surface area contributed by atoms with Gasteiger partial charge in [0, 0.05) is 4.47 Å². The summed E-state index contributed by atoms with van der Waals surface area (Å²) in [6.45, 7) is 7.71. The number of nitrogens with zero attached hydrogens (tertiary/aromatic N) is 1. The van der Waals surface area contributed by atoms with Gasteiger partial charge in [0.25, 0.3) is 0 Å². The maximum absolute atomic E-state index is 11.9. The number of likely N-dealkylation sites (tertiary alicyclic amines) is 1. The van der Waals surface area contributed by atoms with Crippen LogP contribution in [0.2, 0.25) is 0 Å². The summed E-state index contributed by atoms with van der Waals surface area (Å²) in [4.78, 5) is 13.5. The van der Waals surface area contributed by atoms with Gasteiger partial charge in [-0.25, -0.2) is 4.79 Å². The van der Waals surface area contributed by atoms with Gasteiger partial charge in [-0.3, -0.25) is 0 Å². The summed E-state index contributed by atoms with van der Waals surface area (Å²) < 4.78 is 17.9. The summed E-state index contributed by atoms with van der Waals surface area (Å²) >= 11 is 3.46. The zero-order valence-corrected chi connectivity index (χ0v) is 18.8. The molecule has 1 fully saturated rings. The zero-order valence-electron chi connectivity index (χ0n) is 17.2. The van der Waals surface area contributed by atoms with Crippen LogP contribution in [0.15, 0.2) is 53.0 Å². The molecule has 0 aliphatic carbocycles. The first-order chi connectivity index (χ1) is 13.8. The smallest absolute Gasteiger partial charge is 0.410 e. The quantitative estimate of drug-likeness (QED) is 0.540. The van der Waals surface area contributed by atoms with Crippen LogP contribution >= 0.6 is 15.9 Å². The lowest BCUT2D eigenvalue weighted by atomic mass is 10.1. The molecule has 1 aliphatic heterocycles. The van der Waals surface area contributed by atoms with Crippen LogP contribution in [-0.4, -0.2) is 49.0 Å². The number of carbonyl (C=O) groups is 1. The summed E-state index contributed by atoms with van der Waals surface area (Å²) in [5.41, 5.74) is 2.05. The van der Waals surface area contributed by atoms with Gasteiger partial charge in [-0.1, -0.05) is 40.2 Å². The molecule has 3 rings (SSSR count). The van der Waals surface area contributed by atoms with Gasteiger partial charge in [0.05, 0.1) is 25.8 Å². The summed E-state index contributed by atoms with van der Waals surface area (Å²) in [5.74, 6) is 0.831. The van der Waals surface area contributed by atoms with Crippen molar-refractivity contribution in [2.24, 2.45) is 0 Å². The Morgan fingerprint density at radius 2 is 1.59 bits per heavy atom. The summed E-state index contributed by atoms with van der Waals surface area (Å²) in [6.07, 6.45) is 0.670. The van der Waals surface area contributed by atoms with E-state index in [-0.39, 0.29) is 12.2 Å². The average Bonchev–Trinajstić information content (AvgIpc) is 2.61. The van der Waals surface area contributed by atoms with Gasteiger partial charge in [0.1, 0.15) is 18.0 Å². The highest BCUT2D eigenvalue weighted by Gasteiger charge is 2.34. The molecule has 156 valence electrons. The standard InChI is InChI=1S/C23H28BrNO4/c1-23(2,3)29-22(26)25-15-21(16-25)28-13-12-27-20-10-6-18(7-11-20)14-17-4-8-19(24)9-5-17/h4-11,21H,12-16H2,1-3H3. The average molecular weight is 462 g/mol. The highest BCUT2D eigenvalue weighted by Crippen LogP contribution is 2.19. The van der Waals surface area contributed by atoms with E-state index in [1.165, 1.54) is 11.1 Å². The lowest BCUT2D eigenvalue weighted by Gasteiger charge is -2.39. The van der Waals surface area contributed by atoms with E-state index in [0.717, 1.165) is 16.6 Å². The first kappa shape index (κ1) is 21.7. The van der Waals surface area contributed by atoms with E-state index in [2.05, 4.69) is 52.3 Å². The molecule has 1 saturated heterocycles. The van der Waals surface area contributed by atoms with Gasteiger partial charge in [-0.15, -0.1) is 0 Å². The molecule has 2 aromatic rings. The molecule has 29 heavy (non-hydrogen) atoms. The van der Waals surface area contributed by atoms with E-state index in [1.54, 1.807) is 4.90 Å². The predicted octanol–water partition coefficient (Wildman–Crippen LogP) is 5.05. The normalized spacial score (nSPS) is 14.4. The van der Waals surface area contributed by atoms with Crippen LogP contribution in [0.25, 0.3) is 0 Å². The molecule has 0 aromatic heterocycles. The van der Waals surface area contributed by atoms with Gasteiger partial charge in [-0.05, 0) is 62.6 Å². The highest BCUT2D eigenvalue weighted by molar-refractivity contribution is 9.10. The second-order valence-corrected chi connectivity index (χ2v) is 9.09. The summed E-state index contributed by atoms with van der Waals surface area (Å²) in [5, 5.41) is 0. The van der Waals surface area contributed by atoms with Gasteiger partial charge in [0.2, 0.25) is 0 Å². The fourth-order valence-electron chi connectivity index (χ4n) is 2.93. The fraction of sp³-hybridized carbons (Fsp3) is 0.435. The van der Waals surface area contributed by atoms with Crippen molar-refractivity contribution in [1.29, 1.82) is 0 Å². The molecule has 1 amide bonds. The van der Waals surface area contributed by atoms with Crippen LogP contribution < -0.4 is 4.74 Å². The Morgan fingerprint density at radius 3 is 2.17 bits per heavy atom. The zero-order chi connectivity index (χ0) is 20.9. The Kier molecular flexibility index (Phi) is 7.19. The van der Waals surface area contributed by atoms with Crippen molar-refractivity contribution >= 4 is 22.0 Å². The number of ether oxygens (including phenoxy) is 3. The first-order valence-corrected chi connectivity index (χ1v) is 10.6. The van der Waals surface area contributed by atoms with Crippen molar-refractivity contribution in [2.45, 2.75) is 38.9 Å². The number of benzene rings is 2. The number of amides is 1. The van der Waals surface area contributed by atoms with Crippen molar-refractivity contribution in [1.82, 2.24) is 4.90 Å². The minimum Gasteiger partial charge on any atom is -0.491 e. The number of halogens is 1. The minimum absolute atomic E-state index is 0.0550. The van der Waals surface area contributed by atoms with Crippen molar-refractivity contribution in [3.8, 4) is 5.75 Å². The van der Waals surface area contributed by atoms with E-state index in [4.69, 9.17) is 14.2 Å². The van der Waals surface area contributed by atoms with E-state index in [1.807, 2.05) is 32.9 Å². The van der Waals surface area contributed by atoms with Crippen molar-refractivity contribution in [3.63, 3.8) is 0 Å². The van der Waals surface area contributed by atoms with Crippen LogP contribution in [0.1, 0.15) is 31.9 Å². The van der Waals surface area contributed by atoms with Gasteiger partial charge < -0.3 is 19.1 Å². The molecule has 0 bridgehead atoms. The Bertz CT molecular complexity index is 793. The maximum Gasteiger partial charge on any atom is 0.410 e. The number of rotatable bonds is 7. The largest absolute Gasteiger partial charge is 0.491 e. The third-order valence-electron chi connectivity index (χ3n) is 4.45. The Morgan fingerprint density at radius 1 is 1.00 bits per heavy atom. The number of carbonyl (C=O) groups excluding carboxylic acids is 1. The van der Waals surface area contributed by atoms with Crippen LogP contribution in [0, 0.1) is 0 Å². The molecule has 5 nitrogen and oxygen atoms in total. The molecule has 2 aromatic carbocycles. The molecule has 1 heterocycles. The third kappa shape index (κ3) is 7.05. The Hall–Kier alpha value is -2.05. The SMILES string of the molecule is CC(C)(C)OC(=O)N1CC(OCCOc2ccc(Cc3ccc(Br)cc3)cc2)C1. The second-order valence-electron chi connectivity index (χ2n) is 8.17. The summed E-state index contributed by atoms with van der Waals surface area (Å²) in [7, 11) is 0. The van der Waals surface area contributed by atoms with Gasteiger partial charge in [-0.2, -0.15) is 0 Å². The van der Waals surface area contributed by atoms with Crippen molar-refractivity contribution < 1.29 is 19.0 Å². The molecular weight excluding hydrogens is 434 g/mol. The predicted molar refractivity (Wildman–Crippen MR) is 116 cm³/mol. The van der Waals surface area contributed by atoms with Crippen LogP contribution in [-0.2, 0) is 15.9 Å². The Balaban J connectivity index is 1.31. The highest BCUT2D eigenvalue weighted by atomic mass is 79.9. The lowest BCUT2D eigenvalue weighted by Crippen LogP contribution is -2.56. The van der Waals surface area contributed by atoms with Crippen LogP contribution in [0.4, 0.5) is 4.79 Å². The van der Waals surface area contributed by atoms with E-state index in [9.17, 15) is 4.79 Å². The molecule has 0 atom stereocenters. The lowest BCUT2D eigenvalue weighted by molar-refractivity contribution is -0.0679.